The van der Waals surface area contributed by atoms with Gasteiger partial charge in [0.15, 0.2) is 0 Å². The lowest BCUT2D eigenvalue weighted by Gasteiger charge is -2.11. The summed E-state index contributed by atoms with van der Waals surface area (Å²) in [7, 11) is 0. The van der Waals surface area contributed by atoms with Gasteiger partial charge in [0.2, 0.25) is 0 Å². The second-order valence-corrected chi connectivity index (χ2v) is 7.20. The molecular weight excluding hydrogens is 358 g/mol. The third-order valence-corrected chi connectivity index (χ3v) is 5.09. The zero-order chi connectivity index (χ0) is 19.2. The van der Waals surface area contributed by atoms with Crippen LogP contribution in [0.4, 0.5) is 4.58 Å². The van der Waals surface area contributed by atoms with Gasteiger partial charge in [-0.3, -0.25) is 4.79 Å². The summed E-state index contributed by atoms with van der Waals surface area (Å²) >= 11 is 0. The maximum Gasteiger partial charge on any atom is 0.640 e. The summed E-state index contributed by atoms with van der Waals surface area (Å²) < 4.78 is 5.37. The van der Waals surface area contributed by atoms with Crippen LogP contribution in [0.3, 0.4) is 0 Å². The van der Waals surface area contributed by atoms with Crippen LogP contribution in [0, 0.1) is 0 Å². The molecule has 2 amide bonds. The molecule has 1 aromatic carbocycles. The number of nitrogens with zero attached hydrogens (tertiary/aromatic N) is 5. The van der Waals surface area contributed by atoms with Crippen molar-refractivity contribution in [2.24, 2.45) is 9.98 Å². The number of aliphatic imine (C=N–C) groups is 2. The number of carbonyl (C=O) groups excluding carboxylic acids is 1. The number of fused-ring (bicyclic) bond motifs is 1. The van der Waals surface area contributed by atoms with Crippen LogP contribution in [-0.4, -0.2) is 32.6 Å². The van der Waals surface area contributed by atoms with Gasteiger partial charge >= 0.3 is 11.6 Å². The highest BCUT2D eigenvalue weighted by Crippen LogP contribution is 2.17. The maximum atomic E-state index is 12.5. The van der Waals surface area contributed by atoms with Crippen LogP contribution in [0.2, 0.25) is 0 Å². The van der Waals surface area contributed by atoms with Crippen molar-refractivity contribution >= 4 is 28.4 Å². The number of hydrogen-bond donors (Lipinski definition) is 0. The largest absolute Gasteiger partial charge is 0.640 e. The molecule has 2 aliphatic carbocycles. The monoisotopic (exact) mass is 382 g/mol. The van der Waals surface area contributed by atoms with Crippen molar-refractivity contribution in [2.75, 3.05) is 0 Å². The van der Waals surface area contributed by atoms with Crippen molar-refractivity contribution in [2.45, 2.75) is 64.2 Å². The van der Waals surface area contributed by atoms with Gasteiger partial charge in [-0.25, -0.2) is 0 Å². The first-order chi connectivity index (χ1) is 13.8. The van der Waals surface area contributed by atoms with Gasteiger partial charge in [0.05, 0.1) is 10.2 Å². The van der Waals surface area contributed by atoms with E-state index >= 15 is 0 Å². The molecule has 0 atom stereocenters. The van der Waals surface area contributed by atoms with Gasteiger partial charge in [-0.2, -0.15) is 0 Å². The Balaban J connectivity index is 1.63. The third kappa shape index (κ3) is 4.49. The Kier molecular flexibility index (Phi) is 5.84. The lowest BCUT2D eigenvalue weighted by Crippen LogP contribution is -2.27. The first kappa shape index (κ1) is 18.5. The van der Waals surface area contributed by atoms with Crippen molar-refractivity contribution in [1.29, 1.82) is 0 Å². The molecule has 146 valence electrons. The fourth-order valence-electron chi connectivity index (χ4n) is 3.57. The molecule has 4 rings (SSSR count). The van der Waals surface area contributed by atoms with Crippen molar-refractivity contribution < 1.29 is 9.56 Å². The van der Waals surface area contributed by atoms with E-state index in [9.17, 15) is 4.79 Å². The van der Waals surface area contributed by atoms with Crippen LogP contribution in [0.5, 0.6) is 0 Å². The molecule has 8 heteroatoms. The fourth-order valence-corrected chi connectivity index (χ4v) is 3.57. The molecule has 1 aromatic heterocycles. The Morgan fingerprint density at radius 1 is 0.929 bits per heavy atom. The molecule has 2 aromatic rings. The Morgan fingerprint density at radius 2 is 1.54 bits per heavy atom. The van der Waals surface area contributed by atoms with Crippen LogP contribution < -0.4 is 10.5 Å². The van der Waals surface area contributed by atoms with Gasteiger partial charge in [-0.05, 0) is 68.7 Å². The summed E-state index contributed by atoms with van der Waals surface area (Å²) in [5.41, 5.74) is 2.17. The number of hydrogen-bond acceptors (Lipinski definition) is 4. The molecule has 2 fully saturated rings. The topological polar surface area (TPSA) is 93.0 Å². The van der Waals surface area contributed by atoms with Crippen molar-refractivity contribution in [3.8, 4) is 0 Å². The van der Waals surface area contributed by atoms with E-state index in [-0.39, 0.29) is 6.03 Å². The molecule has 2 aliphatic rings. The molecule has 0 N–H and O–H groups in total. The van der Waals surface area contributed by atoms with Crippen molar-refractivity contribution in [3.63, 3.8) is 0 Å². The van der Waals surface area contributed by atoms with Crippen LogP contribution in [-0.2, 0) is 0 Å². The maximum absolute atomic E-state index is 12.5. The molecule has 28 heavy (non-hydrogen) atoms. The predicted octanol–water partition coefficient (Wildman–Crippen LogP) is 3.60. The summed E-state index contributed by atoms with van der Waals surface area (Å²) in [6, 6.07) is 7.08. The second-order valence-electron chi connectivity index (χ2n) is 7.20. The lowest BCUT2D eigenvalue weighted by molar-refractivity contribution is -0.514. The highest BCUT2D eigenvalue weighted by molar-refractivity contribution is 6.01. The van der Waals surface area contributed by atoms with E-state index in [2.05, 4.69) is 20.3 Å². The first-order valence-electron chi connectivity index (χ1n) is 9.99. The number of rotatable bonds is 2. The SMILES string of the molecule is O=c1c2ccccc2nnn1O[O+]=C(N=C1CCCCC1)N=C1CCCCC1. The molecule has 0 aliphatic heterocycles. The Bertz CT molecular complexity index is 947. The summed E-state index contributed by atoms with van der Waals surface area (Å²) in [5.74, 6) is 0. The summed E-state index contributed by atoms with van der Waals surface area (Å²) in [6.07, 6.45) is 10.7. The molecule has 0 unspecified atom stereocenters. The molecule has 8 nitrogen and oxygen atoms in total. The van der Waals surface area contributed by atoms with E-state index in [1.54, 1.807) is 24.3 Å². The van der Waals surface area contributed by atoms with Gasteiger partial charge in [0, 0.05) is 16.4 Å². The Hall–Kier alpha value is -2.90. The lowest BCUT2D eigenvalue weighted by atomic mass is 9.98. The standard InChI is InChI=1S/C20H24N5O3/c26-19-17-13-7-8-14-18(17)23-24-25(19)28-27-20(21-15-9-3-1-4-10-15)22-16-11-5-2-6-12-16/h7-8,13-14H,1-6,9-12H2/q+1. The normalized spacial score (nSPS) is 17.3. The molecule has 0 saturated heterocycles. The van der Waals surface area contributed by atoms with Gasteiger partial charge in [0.25, 0.3) is 0 Å². The number of benzene rings is 1. The highest BCUT2D eigenvalue weighted by atomic mass is 17.2. The number of urea groups is 1. The quantitative estimate of drug-likeness (QED) is 0.451. The van der Waals surface area contributed by atoms with Gasteiger partial charge in [-0.15, -0.1) is 15.1 Å². The van der Waals surface area contributed by atoms with E-state index in [0.29, 0.717) is 10.9 Å². The molecule has 2 saturated carbocycles. The van der Waals surface area contributed by atoms with E-state index < -0.39 is 5.56 Å². The van der Waals surface area contributed by atoms with Gasteiger partial charge in [0.1, 0.15) is 10.1 Å². The minimum Gasteiger partial charge on any atom is -0.263 e. The number of aromatic nitrogens is 3. The van der Waals surface area contributed by atoms with E-state index in [4.69, 9.17) is 9.56 Å². The second kappa shape index (κ2) is 8.86. The number of amides is 2. The minimum atomic E-state index is -0.444. The van der Waals surface area contributed by atoms with Crippen molar-refractivity contribution in [3.05, 3.63) is 34.6 Å². The summed E-state index contributed by atoms with van der Waals surface area (Å²) in [6.45, 7) is 0. The average Bonchev–Trinajstić information content (AvgIpc) is 2.75. The Labute approximate surface area is 162 Å². The fraction of sp³-hybridized carbons (Fsp3) is 0.500. The van der Waals surface area contributed by atoms with Crippen molar-refractivity contribution in [1.82, 2.24) is 15.2 Å². The van der Waals surface area contributed by atoms with Crippen LogP contribution >= 0.6 is 0 Å². The van der Waals surface area contributed by atoms with Gasteiger partial charge in [-0.1, -0.05) is 25.0 Å². The summed E-state index contributed by atoms with van der Waals surface area (Å²) in [5, 5.41) is 8.15. The van der Waals surface area contributed by atoms with Gasteiger partial charge < -0.3 is 0 Å². The van der Waals surface area contributed by atoms with E-state index in [1.165, 1.54) is 12.8 Å². The summed E-state index contributed by atoms with van der Waals surface area (Å²) in [4.78, 5) is 27.5. The third-order valence-electron chi connectivity index (χ3n) is 5.09. The first-order valence-corrected chi connectivity index (χ1v) is 9.99. The predicted molar refractivity (Wildman–Crippen MR) is 107 cm³/mol. The van der Waals surface area contributed by atoms with Crippen LogP contribution in [0.15, 0.2) is 39.0 Å². The zero-order valence-electron chi connectivity index (χ0n) is 15.8. The highest BCUT2D eigenvalue weighted by Gasteiger charge is 2.21. The van der Waals surface area contributed by atoms with E-state index in [1.807, 2.05) is 0 Å². The molecule has 1 heterocycles. The molecule has 0 radical (unpaired) electrons. The molecular formula is C20H24N5O3+. The minimum absolute atomic E-state index is 0.135. The van der Waals surface area contributed by atoms with Crippen LogP contribution in [0.25, 0.3) is 10.9 Å². The molecule has 0 bridgehead atoms. The zero-order valence-corrected chi connectivity index (χ0v) is 15.8. The average molecular weight is 382 g/mol. The van der Waals surface area contributed by atoms with E-state index in [0.717, 1.165) is 67.6 Å². The Morgan fingerprint density at radius 3 is 2.18 bits per heavy atom. The smallest absolute Gasteiger partial charge is 0.263 e. The molecule has 0 spiro atoms. The van der Waals surface area contributed by atoms with Crippen LogP contribution in [0.1, 0.15) is 64.2 Å².